The van der Waals surface area contributed by atoms with Crippen molar-refractivity contribution >= 4 is 5.91 Å². The Kier molecular flexibility index (Phi) is 6.67. The maximum Gasteiger partial charge on any atom is 0.251 e. The van der Waals surface area contributed by atoms with Crippen molar-refractivity contribution in [3.63, 3.8) is 0 Å². The van der Waals surface area contributed by atoms with Gasteiger partial charge in [-0.1, -0.05) is 30.3 Å². The second-order valence-electron chi connectivity index (χ2n) is 5.70. The standard InChI is InChI=1S/C20H25NO3/c1-4-24-19-14-17(12-13-18(19)23-3)20(22)21-15(2)10-11-16-8-6-5-7-9-16/h5-9,12-15H,4,10-11H2,1-3H3,(H,21,22). The van der Waals surface area contributed by atoms with Crippen molar-refractivity contribution in [2.75, 3.05) is 13.7 Å². The number of ether oxygens (including phenoxy) is 2. The van der Waals surface area contributed by atoms with Gasteiger partial charge in [-0.25, -0.2) is 0 Å². The summed E-state index contributed by atoms with van der Waals surface area (Å²) in [4.78, 5) is 12.4. The number of carbonyl (C=O) groups is 1. The minimum absolute atomic E-state index is 0.0929. The quantitative estimate of drug-likeness (QED) is 0.801. The zero-order valence-electron chi connectivity index (χ0n) is 14.5. The molecule has 24 heavy (non-hydrogen) atoms. The van der Waals surface area contributed by atoms with E-state index in [1.165, 1.54) is 5.56 Å². The molecule has 1 atom stereocenters. The van der Waals surface area contributed by atoms with Crippen LogP contribution in [-0.2, 0) is 6.42 Å². The van der Waals surface area contributed by atoms with Gasteiger partial charge >= 0.3 is 0 Å². The molecule has 4 nitrogen and oxygen atoms in total. The highest BCUT2D eigenvalue weighted by atomic mass is 16.5. The van der Waals surface area contributed by atoms with Crippen LogP contribution in [-0.4, -0.2) is 25.7 Å². The summed E-state index contributed by atoms with van der Waals surface area (Å²) in [7, 11) is 1.59. The van der Waals surface area contributed by atoms with Gasteiger partial charge in [0.2, 0.25) is 0 Å². The van der Waals surface area contributed by atoms with Gasteiger partial charge < -0.3 is 14.8 Å². The Labute approximate surface area is 143 Å². The van der Waals surface area contributed by atoms with Gasteiger partial charge in [-0.3, -0.25) is 4.79 Å². The molecule has 2 aromatic carbocycles. The molecule has 0 radical (unpaired) electrons. The van der Waals surface area contributed by atoms with Crippen molar-refractivity contribution in [1.29, 1.82) is 0 Å². The summed E-state index contributed by atoms with van der Waals surface area (Å²) in [5, 5.41) is 3.04. The van der Waals surface area contributed by atoms with Crippen LogP contribution in [0.25, 0.3) is 0 Å². The fraction of sp³-hybridized carbons (Fsp3) is 0.350. The number of hydrogen-bond donors (Lipinski definition) is 1. The predicted octanol–water partition coefficient (Wildman–Crippen LogP) is 3.85. The Bertz CT molecular complexity index is 655. The third-order valence-electron chi connectivity index (χ3n) is 3.81. The molecular weight excluding hydrogens is 302 g/mol. The van der Waals surface area contributed by atoms with Crippen LogP contribution < -0.4 is 14.8 Å². The average molecular weight is 327 g/mol. The molecule has 0 aromatic heterocycles. The lowest BCUT2D eigenvalue weighted by molar-refractivity contribution is 0.0938. The van der Waals surface area contributed by atoms with Gasteiger partial charge in [-0.05, 0) is 50.5 Å². The molecule has 128 valence electrons. The molecule has 2 rings (SSSR count). The number of methoxy groups -OCH3 is 1. The second kappa shape index (κ2) is 8.96. The number of hydrogen-bond acceptors (Lipinski definition) is 3. The van der Waals surface area contributed by atoms with Crippen molar-refractivity contribution < 1.29 is 14.3 Å². The Morgan fingerprint density at radius 1 is 1.12 bits per heavy atom. The summed E-state index contributed by atoms with van der Waals surface area (Å²) in [6, 6.07) is 15.6. The number of aryl methyl sites for hydroxylation is 1. The highest BCUT2D eigenvalue weighted by Crippen LogP contribution is 2.28. The minimum atomic E-state index is -0.0980. The zero-order valence-corrected chi connectivity index (χ0v) is 14.5. The average Bonchev–Trinajstić information content (AvgIpc) is 2.61. The third kappa shape index (κ3) is 5.01. The molecule has 1 amide bonds. The van der Waals surface area contributed by atoms with E-state index in [-0.39, 0.29) is 11.9 Å². The van der Waals surface area contributed by atoms with E-state index in [1.54, 1.807) is 25.3 Å². The summed E-state index contributed by atoms with van der Waals surface area (Å²) >= 11 is 0. The number of rotatable bonds is 8. The number of carbonyl (C=O) groups excluding carboxylic acids is 1. The van der Waals surface area contributed by atoms with E-state index in [1.807, 2.05) is 32.0 Å². The van der Waals surface area contributed by atoms with Crippen molar-refractivity contribution in [2.45, 2.75) is 32.7 Å². The highest BCUT2D eigenvalue weighted by molar-refractivity contribution is 5.95. The first kappa shape index (κ1) is 17.9. The predicted molar refractivity (Wildman–Crippen MR) is 95.9 cm³/mol. The van der Waals surface area contributed by atoms with Crippen LogP contribution in [0.15, 0.2) is 48.5 Å². The second-order valence-corrected chi connectivity index (χ2v) is 5.70. The summed E-state index contributed by atoms with van der Waals surface area (Å²) < 4.78 is 10.8. The Hall–Kier alpha value is -2.49. The van der Waals surface area contributed by atoms with Gasteiger partial charge in [0.05, 0.1) is 13.7 Å². The van der Waals surface area contributed by atoms with Gasteiger partial charge in [-0.2, -0.15) is 0 Å². The fourth-order valence-corrected chi connectivity index (χ4v) is 2.49. The van der Waals surface area contributed by atoms with E-state index in [2.05, 4.69) is 17.4 Å². The van der Waals surface area contributed by atoms with E-state index in [0.29, 0.717) is 23.7 Å². The number of amides is 1. The normalized spacial score (nSPS) is 11.6. The molecule has 0 aliphatic heterocycles. The fourth-order valence-electron chi connectivity index (χ4n) is 2.49. The van der Waals surface area contributed by atoms with Crippen LogP contribution in [0.5, 0.6) is 11.5 Å². The van der Waals surface area contributed by atoms with Crippen molar-refractivity contribution in [3.8, 4) is 11.5 Å². The first-order valence-electron chi connectivity index (χ1n) is 8.29. The SMILES string of the molecule is CCOc1cc(C(=O)NC(C)CCc2ccccc2)ccc1OC. The lowest BCUT2D eigenvalue weighted by atomic mass is 10.1. The van der Waals surface area contributed by atoms with Crippen molar-refractivity contribution in [3.05, 3.63) is 59.7 Å². The highest BCUT2D eigenvalue weighted by Gasteiger charge is 2.13. The van der Waals surface area contributed by atoms with E-state index < -0.39 is 0 Å². The molecule has 1 N–H and O–H groups in total. The zero-order chi connectivity index (χ0) is 17.4. The summed E-state index contributed by atoms with van der Waals surface area (Å²) in [6.07, 6.45) is 1.83. The van der Waals surface area contributed by atoms with E-state index in [0.717, 1.165) is 12.8 Å². The number of nitrogens with one attached hydrogen (secondary N) is 1. The smallest absolute Gasteiger partial charge is 0.251 e. The van der Waals surface area contributed by atoms with Gasteiger partial charge in [0, 0.05) is 11.6 Å². The molecular formula is C20H25NO3. The van der Waals surface area contributed by atoms with Crippen LogP contribution >= 0.6 is 0 Å². The molecule has 0 spiro atoms. The van der Waals surface area contributed by atoms with Gasteiger partial charge in [-0.15, -0.1) is 0 Å². The molecule has 0 aliphatic rings. The molecule has 0 saturated heterocycles. The van der Waals surface area contributed by atoms with Crippen LogP contribution in [0, 0.1) is 0 Å². The van der Waals surface area contributed by atoms with Crippen LogP contribution in [0.4, 0.5) is 0 Å². The Morgan fingerprint density at radius 2 is 1.88 bits per heavy atom. The summed E-state index contributed by atoms with van der Waals surface area (Å²) in [6.45, 7) is 4.45. The molecule has 0 heterocycles. The number of benzene rings is 2. The molecule has 0 bridgehead atoms. The third-order valence-corrected chi connectivity index (χ3v) is 3.81. The summed E-state index contributed by atoms with van der Waals surface area (Å²) in [5.74, 6) is 1.12. The Balaban J connectivity index is 1.94. The summed E-state index contributed by atoms with van der Waals surface area (Å²) in [5.41, 5.74) is 1.85. The monoisotopic (exact) mass is 327 g/mol. The van der Waals surface area contributed by atoms with Gasteiger partial charge in [0.25, 0.3) is 5.91 Å². The lowest BCUT2D eigenvalue weighted by Gasteiger charge is -2.15. The van der Waals surface area contributed by atoms with Gasteiger partial charge in [0.1, 0.15) is 0 Å². The topological polar surface area (TPSA) is 47.6 Å². The maximum absolute atomic E-state index is 12.4. The largest absolute Gasteiger partial charge is 0.493 e. The molecule has 0 fully saturated rings. The van der Waals surface area contributed by atoms with Crippen LogP contribution in [0.1, 0.15) is 36.2 Å². The lowest BCUT2D eigenvalue weighted by Crippen LogP contribution is -2.32. The Morgan fingerprint density at radius 3 is 2.54 bits per heavy atom. The molecule has 4 heteroatoms. The first-order chi connectivity index (χ1) is 11.6. The minimum Gasteiger partial charge on any atom is -0.493 e. The van der Waals surface area contributed by atoms with E-state index in [9.17, 15) is 4.79 Å². The van der Waals surface area contributed by atoms with E-state index in [4.69, 9.17) is 9.47 Å². The maximum atomic E-state index is 12.4. The van der Waals surface area contributed by atoms with E-state index >= 15 is 0 Å². The molecule has 2 aromatic rings. The molecule has 0 saturated carbocycles. The van der Waals surface area contributed by atoms with Crippen LogP contribution in [0.2, 0.25) is 0 Å². The first-order valence-corrected chi connectivity index (χ1v) is 8.29. The van der Waals surface area contributed by atoms with Crippen molar-refractivity contribution in [1.82, 2.24) is 5.32 Å². The van der Waals surface area contributed by atoms with Crippen LogP contribution in [0.3, 0.4) is 0 Å². The molecule has 0 aliphatic carbocycles. The van der Waals surface area contributed by atoms with Crippen molar-refractivity contribution in [2.24, 2.45) is 0 Å². The van der Waals surface area contributed by atoms with Gasteiger partial charge in [0.15, 0.2) is 11.5 Å². The molecule has 1 unspecified atom stereocenters.